The van der Waals surface area contributed by atoms with Gasteiger partial charge in [0.2, 0.25) is 0 Å². The predicted octanol–water partition coefficient (Wildman–Crippen LogP) is 2.81. The quantitative estimate of drug-likeness (QED) is 0.863. The molecule has 1 unspecified atom stereocenters. The van der Waals surface area contributed by atoms with Crippen molar-refractivity contribution in [1.29, 1.82) is 0 Å². The molecule has 1 spiro atoms. The highest BCUT2D eigenvalue weighted by atomic mass is 35.5. The van der Waals surface area contributed by atoms with Crippen LogP contribution in [-0.4, -0.2) is 45.4 Å². The summed E-state index contributed by atoms with van der Waals surface area (Å²) >= 11 is 5.96. The zero-order chi connectivity index (χ0) is 18.0. The summed E-state index contributed by atoms with van der Waals surface area (Å²) in [7, 11) is 0. The van der Waals surface area contributed by atoms with Crippen LogP contribution in [0.5, 0.6) is 0 Å². The third-order valence-corrected chi connectivity index (χ3v) is 5.00. The first-order valence-electron chi connectivity index (χ1n) is 8.64. The molecular weight excluding hydrogens is 354 g/mol. The van der Waals surface area contributed by atoms with Crippen LogP contribution in [0, 0.1) is 0 Å². The van der Waals surface area contributed by atoms with Crippen molar-refractivity contribution in [2.75, 3.05) is 18.4 Å². The second kappa shape index (κ2) is 7.09. The Morgan fingerprint density at radius 2 is 2.38 bits per heavy atom. The fourth-order valence-electron chi connectivity index (χ4n) is 3.58. The first kappa shape index (κ1) is 17.1. The molecule has 0 aliphatic carbocycles. The van der Waals surface area contributed by atoms with Gasteiger partial charge in [0.1, 0.15) is 5.71 Å². The fraction of sp³-hybridized carbons (Fsp3) is 0.389. The van der Waals surface area contributed by atoms with Gasteiger partial charge in [0.15, 0.2) is 5.60 Å². The van der Waals surface area contributed by atoms with Crippen molar-refractivity contribution < 1.29 is 9.63 Å². The van der Waals surface area contributed by atoms with E-state index < -0.39 is 5.60 Å². The number of carbonyl (C=O) groups is 1. The lowest BCUT2D eigenvalue weighted by Crippen LogP contribution is -2.48. The number of rotatable bonds is 4. The van der Waals surface area contributed by atoms with E-state index >= 15 is 0 Å². The normalized spacial score (nSPS) is 22.9. The van der Waals surface area contributed by atoms with Crippen LogP contribution >= 0.6 is 11.6 Å². The summed E-state index contributed by atoms with van der Waals surface area (Å²) < 4.78 is 0. The molecule has 2 aliphatic heterocycles. The van der Waals surface area contributed by atoms with Crippen molar-refractivity contribution in [3.8, 4) is 0 Å². The monoisotopic (exact) mass is 373 g/mol. The number of carbonyl (C=O) groups excluding carboxylic acids is 1. The predicted molar refractivity (Wildman–Crippen MR) is 99.0 cm³/mol. The van der Waals surface area contributed by atoms with Crippen molar-refractivity contribution in [3.63, 3.8) is 0 Å². The maximum atomic E-state index is 12.5. The summed E-state index contributed by atoms with van der Waals surface area (Å²) in [6, 6.07) is 7.06. The number of piperidine rings is 1. The standard InChI is InChI=1S/C18H20ClN5O2/c19-14-3-1-4-15(7-14)22-17(25)16-8-18(26-23-16)5-2-6-24(12-18)11-13-9-20-21-10-13/h1,3-4,7,9-10H,2,5-6,8,11-12H2,(H,20,21)(H,22,25). The molecule has 3 heterocycles. The Bertz CT molecular complexity index is 823. The summed E-state index contributed by atoms with van der Waals surface area (Å²) in [6.45, 7) is 2.56. The van der Waals surface area contributed by atoms with E-state index in [0.717, 1.165) is 38.0 Å². The molecule has 136 valence electrons. The number of aromatic nitrogens is 2. The van der Waals surface area contributed by atoms with Crippen LogP contribution in [0.25, 0.3) is 0 Å². The van der Waals surface area contributed by atoms with Gasteiger partial charge in [-0.25, -0.2) is 0 Å². The number of hydrogen-bond acceptors (Lipinski definition) is 5. The van der Waals surface area contributed by atoms with Crippen LogP contribution in [0.3, 0.4) is 0 Å². The van der Waals surface area contributed by atoms with Gasteiger partial charge in [0.05, 0.1) is 6.20 Å². The minimum Gasteiger partial charge on any atom is -0.387 e. The number of oxime groups is 1. The van der Waals surface area contributed by atoms with E-state index in [1.165, 1.54) is 0 Å². The van der Waals surface area contributed by atoms with Gasteiger partial charge in [-0.15, -0.1) is 0 Å². The average molecular weight is 374 g/mol. The van der Waals surface area contributed by atoms with E-state index in [9.17, 15) is 4.79 Å². The molecule has 0 radical (unpaired) electrons. The van der Waals surface area contributed by atoms with Crippen LogP contribution in [0.2, 0.25) is 5.02 Å². The lowest BCUT2D eigenvalue weighted by atomic mass is 9.88. The molecule has 1 amide bonds. The summed E-state index contributed by atoms with van der Waals surface area (Å²) in [5.41, 5.74) is 1.80. The van der Waals surface area contributed by atoms with Crippen molar-refractivity contribution in [2.45, 2.75) is 31.4 Å². The summed E-state index contributed by atoms with van der Waals surface area (Å²) in [5, 5.41) is 14.3. The number of halogens is 1. The van der Waals surface area contributed by atoms with E-state index in [-0.39, 0.29) is 5.91 Å². The van der Waals surface area contributed by atoms with Gasteiger partial charge in [-0.1, -0.05) is 22.8 Å². The molecule has 1 fully saturated rings. The second-order valence-electron chi connectivity index (χ2n) is 6.87. The molecule has 26 heavy (non-hydrogen) atoms. The molecule has 7 nitrogen and oxygen atoms in total. The van der Waals surface area contributed by atoms with Gasteiger partial charge in [-0.05, 0) is 37.6 Å². The van der Waals surface area contributed by atoms with E-state index in [1.807, 2.05) is 12.4 Å². The molecule has 1 atom stereocenters. The highest BCUT2D eigenvalue weighted by Gasteiger charge is 2.44. The molecule has 4 rings (SSSR count). The fourth-order valence-corrected chi connectivity index (χ4v) is 3.77. The maximum Gasteiger partial charge on any atom is 0.273 e. The zero-order valence-electron chi connectivity index (χ0n) is 14.2. The molecule has 2 aromatic rings. The van der Waals surface area contributed by atoms with E-state index in [2.05, 4.69) is 25.6 Å². The second-order valence-corrected chi connectivity index (χ2v) is 7.31. The van der Waals surface area contributed by atoms with Crippen LogP contribution in [0.1, 0.15) is 24.8 Å². The molecule has 2 N–H and O–H groups in total. The molecule has 1 aromatic heterocycles. The Labute approximate surface area is 156 Å². The van der Waals surface area contributed by atoms with Crippen molar-refractivity contribution in [1.82, 2.24) is 15.1 Å². The number of aromatic amines is 1. The molecule has 1 saturated heterocycles. The molecular formula is C18H20ClN5O2. The summed E-state index contributed by atoms with van der Waals surface area (Å²) in [5.74, 6) is -0.240. The Kier molecular flexibility index (Phi) is 4.65. The Morgan fingerprint density at radius 3 is 3.19 bits per heavy atom. The van der Waals surface area contributed by atoms with E-state index in [0.29, 0.717) is 22.8 Å². The van der Waals surface area contributed by atoms with Gasteiger partial charge in [0, 0.05) is 42.0 Å². The Morgan fingerprint density at radius 1 is 1.46 bits per heavy atom. The molecule has 0 bridgehead atoms. The number of anilines is 1. The van der Waals surface area contributed by atoms with Gasteiger partial charge in [-0.2, -0.15) is 5.10 Å². The summed E-state index contributed by atoms with van der Waals surface area (Å²) in [4.78, 5) is 20.6. The lowest BCUT2D eigenvalue weighted by Gasteiger charge is -2.38. The number of amides is 1. The van der Waals surface area contributed by atoms with Gasteiger partial charge in [0.25, 0.3) is 5.91 Å². The van der Waals surface area contributed by atoms with Crippen LogP contribution in [-0.2, 0) is 16.2 Å². The molecule has 1 aromatic carbocycles. The zero-order valence-corrected chi connectivity index (χ0v) is 15.0. The van der Waals surface area contributed by atoms with Crippen LogP contribution in [0.15, 0.2) is 41.8 Å². The first-order chi connectivity index (χ1) is 12.6. The van der Waals surface area contributed by atoms with Crippen LogP contribution in [0.4, 0.5) is 5.69 Å². The molecule has 0 saturated carbocycles. The maximum absolute atomic E-state index is 12.5. The van der Waals surface area contributed by atoms with E-state index in [4.69, 9.17) is 16.4 Å². The number of hydrogen-bond donors (Lipinski definition) is 2. The Hall–Kier alpha value is -2.38. The number of H-pyrrole nitrogens is 1. The largest absolute Gasteiger partial charge is 0.387 e. The summed E-state index contributed by atoms with van der Waals surface area (Å²) in [6.07, 6.45) is 6.15. The third-order valence-electron chi connectivity index (χ3n) is 4.76. The van der Waals surface area contributed by atoms with Gasteiger partial charge < -0.3 is 10.2 Å². The topological polar surface area (TPSA) is 82.6 Å². The van der Waals surface area contributed by atoms with Crippen molar-refractivity contribution in [3.05, 3.63) is 47.2 Å². The number of nitrogens with one attached hydrogen (secondary N) is 2. The lowest BCUT2D eigenvalue weighted by molar-refractivity contribution is -0.110. The van der Waals surface area contributed by atoms with E-state index in [1.54, 1.807) is 24.3 Å². The van der Waals surface area contributed by atoms with Crippen molar-refractivity contribution in [2.24, 2.45) is 5.16 Å². The average Bonchev–Trinajstić information content (AvgIpc) is 3.26. The molecule has 2 aliphatic rings. The van der Waals surface area contributed by atoms with Gasteiger partial charge >= 0.3 is 0 Å². The first-order valence-corrected chi connectivity index (χ1v) is 9.02. The third kappa shape index (κ3) is 3.73. The van der Waals surface area contributed by atoms with Crippen molar-refractivity contribution >= 4 is 28.9 Å². The Balaban J connectivity index is 1.37. The minimum absolute atomic E-state index is 0.240. The highest BCUT2D eigenvalue weighted by Crippen LogP contribution is 2.34. The number of benzene rings is 1. The smallest absolute Gasteiger partial charge is 0.273 e. The number of nitrogens with zero attached hydrogens (tertiary/aromatic N) is 3. The molecule has 8 heteroatoms. The highest BCUT2D eigenvalue weighted by molar-refractivity contribution is 6.43. The van der Waals surface area contributed by atoms with Gasteiger partial charge in [-0.3, -0.25) is 14.8 Å². The SMILES string of the molecule is O=C(Nc1cccc(Cl)c1)C1=NOC2(CCCN(Cc3cn[nH]c3)C2)C1. The van der Waals surface area contributed by atoms with Crippen LogP contribution < -0.4 is 5.32 Å². The number of likely N-dealkylation sites (tertiary alicyclic amines) is 1. The minimum atomic E-state index is -0.414.